The van der Waals surface area contributed by atoms with Crippen LogP contribution in [0, 0.1) is 6.92 Å². The Labute approximate surface area is 189 Å². The van der Waals surface area contributed by atoms with E-state index in [1.807, 2.05) is 6.92 Å². The smallest absolute Gasteiger partial charge is 0.263 e. The first-order chi connectivity index (χ1) is 15.0. The Bertz CT molecular complexity index is 1160. The number of nitrogens with one attached hydrogen (secondary N) is 2. The minimum absolute atomic E-state index is 0.0632. The average Bonchev–Trinajstić information content (AvgIpc) is 3.40. The molecular formula is C23H27N5OS2. The fourth-order valence-electron chi connectivity index (χ4n) is 5.39. The third-order valence-corrected chi connectivity index (χ3v) is 9.16. The predicted molar refractivity (Wildman–Crippen MR) is 129 cm³/mol. The van der Waals surface area contributed by atoms with Crippen molar-refractivity contribution in [3.63, 3.8) is 0 Å². The molecule has 31 heavy (non-hydrogen) atoms. The molecule has 0 saturated carbocycles. The van der Waals surface area contributed by atoms with Crippen LogP contribution >= 0.6 is 22.7 Å². The van der Waals surface area contributed by atoms with Crippen molar-refractivity contribution < 1.29 is 4.79 Å². The van der Waals surface area contributed by atoms with Gasteiger partial charge in [-0.25, -0.2) is 4.98 Å². The third kappa shape index (κ3) is 3.50. The number of aromatic nitrogens is 1. The molecule has 3 atom stereocenters. The van der Waals surface area contributed by atoms with Gasteiger partial charge in [-0.2, -0.15) is 0 Å². The van der Waals surface area contributed by atoms with Crippen molar-refractivity contribution in [2.75, 3.05) is 23.7 Å². The van der Waals surface area contributed by atoms with Crippen LogP contribution in [-0.2, 0) is 12.8 Å². The van der Waals surface area contributed by atoms with Crippen LogP contribution in [0.15, 0.2) is 18.2 Å². The molecular weight excluding hydrogens is 426 g/mol. The quantitative estimate of drug-likeness (QED) is 0.566. The fourth-order valence-corrected chi connectivity index (χ4v) is 7.48. The van der Waals surface area contributed by atoms with Gasteiger partial charge in [0.1, 0.15) is 9.71 Å². The van der Waals surface area contributed by atoms with Gasteiger partial charge in [0.25, 0.3) is 5.91 Å². The van der Waals surface area contributed by atoms with Crippen molar-refractivity contribution in [1.29, 1.82) is 0 Å². The van der Waals surface area contributed by atoms with Crippen LogP contribution in [0.3, 0.4) is 0 Å². The number of hydrogen-bond acceptors (Lipinski definition) is 7. The van der Waals surface area contributed by atoms with Crippen molar-refractivity contribution in [2.24, 2.45) is 0 Å². The summed E-state index contributed by atoms with van der Waals surface area (Å²) in [5, 5.41) is 7.92. The van der Waals surface area contributed by atoms with E-state index < -0.39 is 0 Å². The van der Waals surface area contributed by atoms with Crippen molar-refractivity contribution in [1.82, 2.24) is 15.6 Å². The standard InChI is InChI=1S/C23H27N5OS2/c1-12-25-23-21(30-12)19(24)20(31-23)22(29)27-15-4-2-14-9-18(7-3-13(14)8-15)28-10-16-5-6-17(11-28)26-16/h3,7,9,15-17,26H,2,4-6,8,10-11,24H2,1H3,(H,27,29)/t15-,16?,17?/m0/s1. The molecule has 2 aromatic heterocycles. The van der Waals surface area contributed by atoms with Crippen molar-refractivity contribution in [3.8, 4) is 0 Å². The second kappa shape index (κ2) is 7.46. The van der Waals surface area contributed by atoms with Gasteiger partial charge in [-0.15, -0.1) is 22.7 Å². The molecule has 8 heteroatoms. The second-order valence-corrected chi connectivity index (χ2v) is 11.3. The molecule has 162 valence electrons. The van der Waals surface area contributed by atoms with E-state index in [0.29, 0.717) is 22.6 Å². The molecule has 2 aliphatic heterocycles. The molecule has 3 aliphatic rings. The monoisotopic (exact) mass is 453 g/mol. The molecule has 0 spiro atoms. The highest BCUT2D eigenvalue weighted by molar-refractivity contribution is 7.29. The number of nitrogens with zero attached hydrogens (tertiary/aromatic N) is 2. The Morgan fingerprint density at radius 1 is 1.19 bits per heavy atom. The first-order valence-corrected chi connectivity index (χ1v) is 12.8. The molecule has 0 radical (unpaired) electrons. The van der Waals surface area contributed by atoms with Gasteiger partial charge in [-0.1, -0.05) is 6.07 Å². The molecule has 3 aromatic rings. The van der Waals surface area contributed by atoms with E-state index in [1.165, 1.54) is 41.0 Å². The van der Waals surface area contributed by atoms with Crippen LogP contribution in [0.1, 0.15) is 45.1 Å². The Kier molecular flexibility index (Phi) is 4.70. The molecule has 2 unspecified atom stereocenters. The number of rotatable bonds is 3. The predicted octanol–water partition coefficient (Wildman–Crippen LogP) is 3.48. The van der Waals surface area contributed by atoms with Crippen LogP contribution < -0.4 is 21.3 Å². The molecule has 4 heterocycles. The van der Waals surface area contributed by atoms with Crippen LogP contribution in [0.4, 0.5) is 11.4 Å². The van der Waals surface area contributed by atoms with Crippen LogP contribution in [-0.4, -0.2) is 42.1 Å². The number of fused-ring (bicyclic) bond motifs is 4. The van der Waals surface area contributed by atoms with Gasteiger partial charge >= 0.3 is 0 Å². The van der Waals surface area contributed by atoms with E-state index in [4.69, 9.17) is 5.73 Å². The zero-order valence-corrected chi connectivity index (χ0v) is 19.2. The van der Waals surface area contributed by atoms with Gasteiger partial charge in [0.05, 0.1) is 15.4 Å². The number of amides is 1. The largest absolute Gasteiger partial charge is 0.396 e. The van der Waals surface area contributed by atoms with E-state index in [-0.39, 0.29) is 11.9 Å². The van der Waals surface area contributed by atoms with E-state index in [2.05, 4.69) is 38.7 Å². The number of nitrogens with two attached hydrogens (primary N) is 1. The van der Waals surface area contributed by atoms with Crippen LogP contribution in [0.2, 0.25) is 0 Å². The zero-order chi connectivity index (χ0) is 21.1. The summed E-state index contributed by atoms with van der Waals surface area (Å²) in [6.07, 6.45) is 5.45. The molecule has 1 aromatic carbocycles. The Balaban J connectivity index is 1.15. The molecule has 2 bridgehead atoms. The number of nitrogen functional groups attached to an aromatic ring is 1. The number of hydrogen-bond donors (Lipinski definition) is 3. The highest BCUT2D eigenvalue weighted by Gasteiger charge is 2.32. The SMILES string of the molecule is Cc1nc2sc(C(=O)N[C@H]3CCc4cc(N5CC6CCC(C5)N6)ccc4C3)c(N)c2s1. The lowest BCUT2D eigenvalue weighted by atomic mass is 9.87. The van der Waals surface area contributed by atoms with Gasteiger partial charge in [-0.05, 0) is 62.3 Å². The summed E-state index contributed by atoms with van der Waals surface area (Å²) >= 11 is 2.96. The van der Waals surface area contributed by atoms with Crippen molar-refractivity contribution >= 4 is 49.5 Å². The van der Waals surface area contributed by atoms with Gasteiger partial charge in [0.15, 0.2) is 0 Å². The summed E-state index contributed by atoms with van der Waals surface area (Å²) < 4.78 is 0.940. The van der Waals surface area contributed by atoms with E-state index in [1.54, 1.807) is 11.3 Å². The fraction of sp³-hybridized carbons (Fsp3) is 0.478. The van der Waals surface area contributed by atoms with Crippen LogP contribution in [0.25, 0.3) is 9.53 Å². The summed E-state index contributed by atoms with van der Waals surface area (Å²) in [6, 6.07) is 8.37. The molecule has 6 nitrogen and oxygen atoms in total. The summed E-state index contributed by atoms with van der Waals surface area (Å²) in [4.78, 5) is 21.4. The topological polar surface area (TPSA) is 83.3 Å². The van der Waals surface area contributed by atoms with E-state index >= 15 is 0 Å². The molecule has 6 rings (SSSR count). The Hall–Kier alpha value is -2.16. The average molecular weight is 454 g/mol. The number of piperazine rings is 1. The lowest BCUT2D eigenvalue weighted by Crippen LogP contribution is -2.51. The van der Waals surface area contributed by atoms with Gasteiger partial charge in [0, 0.05) is 36.9 Å². The number of aryl methyl sites for hydroxylation is 2. The molecule has 1 amide bonds. The number of thiophene rings is 1. The first kappa shape index (κ1) is 19.5. The van der Waals surface area contributed by atoms with Crippen molar-refractivity contribution in [3.05, 3.63) is 39.2 Å². The molecule has 2 fully saturated rings. The van der Waals surface area contributed by atoms with Crippen molar-refractivity contribution in [2.45, 2.75) is 57.2 Å². The number of benzene rings is 1. The Morgan fingerprint density at radius 2 is 2.00 bits per heavy atom. The number of anilines is 2. The third-order valence-electron chi connectivity index (χ3n) is 6.93. The summed E-state index contributed by atoms with van der Waals surface area (Å²) in [7, 11) is 0. The number of thiazole rings is 1. The summed E-state index contributed by atoms with van der Waals surface area (Å²) in [5.74, 6) is -0.0632. The van der Waals surface area contributed by atoms with Crippen LogP contribution in [0.5, 0.6) is 0 Å². The molecule has 2 saturated heterocycles. The zero-order valence-electron chi connectivity index (χ0n) is 17.6. The maximum Gasteiger partial charge on any atom is 0.263 e. The summed E-state index contributed by atoms with van der Waals surface area (Å²) in [6.45, 7) is 4.19. The van der Waals surface area contributed by atoms with E-state index in [0.717, 1.165) is 46.9 Å². The molecule has 4 N–H and O–H groups in total. The van der Waals surface area contributed by atoms with E-state index in [9.17, 15) is 4.79 Å². The molecule has 1 aliphatic carbocycles. The second-order valence-electron chi connectivity index (χ2n) is 9.12. The minimum Gasteiger partial charge on any atom is -0.396 e. The van der Waals surface area contributed by atoms with Gasteiger partial charge in [-0.3, -0.25) is 4.79 Å². The lowest BCUT2D eigenvalue weighted by Gasteiger charge is -2.35. The maximum absolute atomic E-state index is 12.9. The normalized spacial score (nSPS) is 25.1. The highest BCUT2D eigenvalue weighted by atomic mass is 32.1. The first-order valence-electron chi connectivity index (χ1n) is 11.1. The van der Waals surface area contributed by atoms with Gasteiger partial charge < -0.3 is 21.3 Å². The minimum atomic E-state index is -0.0632. The number of carbonyl (C=O) groups is 1. The number of carbonyl (C=O) groups excluding carboxylic acids is 1. The Morgan fingerprint density at radius 3 is 2.77 bits per heavy atom. The summed E-state index contributed by atoms with van der Waals surface area (Å²) in [5.41, 5.74) is 11.0. The van der Waals surface area contributed by atoms with Gasteiger partial charge in [0.2, 0.25) is 0 Å². The lowest BCUT2D eigenvalue weighted by molar-refractivity contribution is 0.0938. The highest BCUT2D eigenvalue weighted by Crippen LogP contribution is 2.37. The maximum atomic E-state index is 12.9.